The Morgan fingerprint density at radius 1 is 0.857 bits per heavy atom. The zero-order valence-electron chi connectivity index (χ0n) is 15.1. The van der Waals surface area contributed by atoms with E-state index in [1.807, 2.05) is 0 Å². The minimum Gasteiger partial charge on any atom is -0.322 e. The van der Waals surface area contributed by atoms with Gasteiger partial charge >= 0.3 is 0 Å². The largest absolute Gasteiger partial charge is 0.322 e. The van der Waals surface area contributed by atoms with Crippen LogP contribution < -0.4 is 10.6 Å². The van der Waals surface area contributed by atoms with Crippen LogP contribution in [0.25, 0.3) is 0 Å². The SMILES string of the molecule is CC(C(=O)Nc1cc(NC(=O)C(C)n2cccn2)c(F)cc1F)n1cccn1. The van der Waals surface area contributed by atoms with Gasteiger partial charge < -0.3 is 10.6 Å². The number of aromatic nitrogens is 4. The van der Waals surface area contributed by atoms with Gasteiger partial charge in [-0.3, -0.25) is 19.0 Å². The first kappa shape index (κ1) is 19.2. The van der Waals surface area contributed by atoms with Crippen molar-refractivity contribution in [1.29, 1.82) is 0 Å². The Balaban J connectivity index is 1.76. The van der Waals surface area contributed by atoms with Gasteiger partial charge in [-0.05, 0) is 32.0 Å². The summed E-state index contributed by atoms with van der Waals surface area (Å²) in [6.45, 7) is 3.16. The molecule has 2 heterocycles. The van der Waals surface area contributed by atoms with Crippen LogP contribution in [0, 0.1) is 11.6 Å². The smallest absolute Gasteiger partial charge is 0.249 e. The average Bonchev–Trinajstić information content (AvgIpc) is 3.37. The fraction of sp³-hybridized carbons (Fsp3) is 0.222. The van der Waals surface area contributed by atoms with Crippen molar-refractivity contribution in [2.24, 2.45) is 0 Å². The van der Waals surface area contributed by atoms with Crippen LogP contribution in [0.1, 0.15) is 25.9 Å². The van der Waals surface area contributed by atoms with Crippen molar-refractivity contribution in [3.63, 3.8) is 0 Å². The maximum absolute atomic E-state index is 14.1. The van der Waals surface area contributed by atoms with Gasteiger partial charge in [-0.2, -0.15) is 10.2 Å². The average molecular weight is 388 g/mol. The molecular formula is C18H18F2N6O2. The molecule has 0 aliphatic carbocycles. The Kier molecular flexibility index (Phi) is 5.48. The van der Waals surface area contributed by atoms with Crippen LogP contribution in [0.2, 0.25) is 0 Å². The molecule has 146 valence electrons. The number of hydrogen-bond donors (Lipinski definition) is 2. The fourth-order valence-corrected chi connectivity index (χ4v) is 2.47. The third kappa shape index (κ3) is 4.05. The lowest BCUT2D eigenvalue weighted by atomic mass is 10.2. The maximum Gasteiger partial charge on any atom is 0.249 e. The van der Waals surface area contributed by atoms with Gasteiger partial charge in [-0.1, -0.05) is 0 Å². The van der Waals surface area contributed by atoms with Crippen LogP contribution in [0.4, 0.5) is 20.2 Å². The lowest BCUT2D eigenvalue weighted by Gasteiger charge is -2.16. The van der Waals surface area contributed by atoms with Crippen LogP contribution in [0.3, 0.4) is 0 Å². The summed E-state index contributed by atoms with van der Waals surface area (Å²) in [6, 6.07) is 3.51. The van der Waals surface area contributed by atoms with E-state index >= 15 is 0 Å². The summed E-state index contributed by atoms with van der Waals surface area (Å²) in [5.41, 5.74) is -0.514. The summed E-state index contributed by atoms with van der Waals surface area (Å²) >= 11 is 0. The molecule has 2 amide bonds. The second-order valence-corrected chi connectivity index (χ2v) is 6.11. The molecule has 0 saturated carbocycles. The molecule has 0 aliphatic rings. The maximum atomic E-state index is 14.1. The molecule has 2 N–H and O–H groups in total. The molecule has 0 radical (unpaired) electrons. The lowest BCUT2D eigenvalue weighted by Crippen LogP contribution is -2.26. The van der Waals surface area contributed by atoms with Crippen molar-refractivity contribution in [1.82, 2.24) is 19.6 Å². The quantitative estimate of drug-likeness (QED) is 0.679. The Labute approximate surface area is 159 Å². The summed E-state index contributed by atoms with van der Waals surface area (Å²) in [6.07, 6.45) is 6.20. The molecule has 2 atom stereocenters. The van der Waals surface area contributed by atoms with Crippen LogP contribution in [0.15, 0.2) is 49.1 Å². The number of hydrogen-bond acceptors (Lipinski definition) is 4. The van der Waals surface area contributed by atoms with Crippen molar-refractivity contribution in [3.05, 3.63) is 60.7 Å². The third-order valence-electron chi connectivity index (χ3n) is 4.17. The molecule has 10 heteroatoms. The third-order valence-corrected chi connectivity index (χ3v) is 4.17. The van der Waals surface area contributed by atoms with Crippen molar-refractivity contribution in [3.8, 4) is 0 Å². The summed E-state index contributed by atoms with van der Waals surface area (Å²) in [4.78, 5) is 24.6. The van der Waals surface area contributed by atoms with E-state index in [0.717, 1.165) is 6.07 Å². The van der Waals surface area contributed by atoms with Crippen LogP contribution in [-0.2, 0) is 9.59 Å². The zero-order valence-corrected chi connectivity index (χ0v) is 15.1. The molecule has 3 aromatic rings. The Morgan fingerprint density at radius 2 is 1.29 bits per heavy atom. The molecule has 0 spiro atoms. The Bertz CT molecular complexity index is 897. The van der Waals surface area contributed by atoms with Crippen LogP contribution in [-0.4, -0.2) is 31.4 Å². The van der Waals surface area contributed by atoms with Gasteiger partial charge in [0, 0.05) is 30.9 Å². The number of carbonyl (C=O) groups excluding carboxylic acids is 2. The summed E-state index contributed by atoms with van der Waals surface area (Å²) in [5.74, 6) is -3.01. The monoisotopic (exact) mass is 388 g/mol. The number of halogens is 2. The number of nitrogens with zero attached hydrogens (tertiary/aromatic N) is 4. The first-order valence-electron chi connectivity index (χ1n) is 8.46. The minimum absolute atomic E-state index is 0.257. The molecule has 2 aromatic heterocycles. The normalized spacial score (nSPS) is 13.0. The van der Waals surface area contributed by atoms with Gasteiger partial charge in [0.2, 0.25) is 11.8 Å². The summed E-state index contributed by atoms with van der Waals surface area (Å²) < 4.78 is 31.0. The van der Waals surface area contributed by atoms with E-state index in [0.29, 0.717) is 6.07 Å². The molecule has 0 bridgehead atoms. The van der Waals surface area contributed by atoms with Gasteiger partial charge in [-0.15, -0.1) is 0 Å². The predicted octanol–water partition coefficient (Wildman–Crippen LogP) is 2.76. The second kappa shape index (κ2) is 7.99. The van der Waals surface area contributed by atoms with Crippen molar-refractivity contribution >= 4 is 23.2 Å². The number of rotatable bonds is 6. The molecule has 2 unspecified atom stereocenters. The highest BCUT2D eigenvalue weighted by molar-refractivity contribution is 5.96. The molecule has 0 saturated heterocycles. The number of amides is 2. The molecule has 0 fully saturated rings. The molecular weight excluding hydrogens is 370 g/mol. The Morgan fingerprint density at radius 3 is 1.64 bits per heavy atom. The topological polar surface area (TPSA) is 93.8 Å². The van der Waals surface area contributed by atoms with Gasteiger partial charge in [0.15, 0.2) is 0 Å². The van der Waals surface area contributed by atoms with Gasteiger partial charge in [0.05, 0.1) is 11.4 Å². The first-order chi connectivity index (χ1) is 13.4. The number of benzene rings is 1. The summed E-state index contributed by atoms with van der Waals surface area (Å²) in [5, 5.41) is 12.7. The number of carbonyl (C=O) groups is 2. The lowest BCUT2D eigenvalue weighted by molar-refractivity contribution is -0.119. The zero-order chi connectivity index (χ0) is 20.3. The second-order valence-electron chi connectivity index (χ2n) is 6.11. The first-order valence-corrected chi connectivity index (χ1v) is 8.46. The minimum atomic E-state index is -0.961. The summed E-state index contributed by atoms with van der Waals surface area (Å²) in [7, 11) is 0. The van der Waals surface area contributed by atoms with E-state index in [1.165, 1.54) is 21.8 Å². The highest BCUT2D eigenvalue weighted by atomic mass is 19.1. The van der Waals surface area contributed by atoms with E-state index in [4.69, 9.17) is 0 Å². The Hall–Kier alpha value is -3.56. The van der Waals surface area contributed by atoms with Crippen molar-refractivity contribution < 1.29 is 18.4 Å². The van der Waals surface area contributed by atoms with E-state index in [1.54, 1.807) is 38.4 Å². The van der Waals surface area contributed by atoms with Gasteiger partial charge in [0.1, 0.15) is 23.7 Å². The van der Waals surface area contributed by atoms with Crippen molar-refractivity contribution in [2.45, 2.75) is 25.9 Å². The predicted molar refractivity (Wildman–Crippen MR) is 97.5 cm³/mol. The van der Waals surface area contributed by atoms with E-state index in [-0.39, 0.29) is 11.4 Å². The van der Waals surface area contributed by atoms with E-state index in [9.17, 15) is 18.4 Å². The highest BCUT2D eigenvalue weighted by Gasteiger charge is 2.21. The fourth-order valence-electron chi connectivity index (χ4n) is 2.47. The number of anilines is 2. The van der Waals surface area contributed by atoms with E-state index in [2.05, 4.69) is 20.8 Å². The molecule has 0 aliphatic heterocycles. The number of nitrogens with one attached hydrogen (secondary N) is 2. The molecule has 28 heavy (non-hydrogen) atoms. The molecule has 1 aromatic carbocycles. The van der Waals surface area contributed by atoms with Gasteiger partial charge in [-0.25, -0.2) is 8.78 Å². The molecule has 3 rings (SSSR count). The standard InChI is InChI=1S/C18H18F2N6O2/c1-11(25-7-3-5-21-25)17(27)23-15-10-16(14(20)9-13(15)19)24-18(28)12(2)26-8-4-6-22-26/h3-12H,1-2H3,(H,23,27)(H,24,28). The van der Waals surface area contributed by atoms with Crippen molar-refractivity contribution in [2.75, 3.05) is 10.6 Å². The molecule has 8 nitrogen and oxygen atoms in total. The van der Waals surface area contributed by atoms with Gasteiger partial charge in [0.25, 0.3) is 0 Å². The highest BCUT2D eigenvalue weighted by Crippen LogP contribution is 2.25. The van der Waals surface area contributed by atoms with Crippen LogP contribution >= 0.6 is 0 Å². The van der Waals surface area contributed by atoms with E-state index < -0.39 is 35.5 Å². The van der Waals surface area contributed by atoms with Crippen LogP contribution in [0.5, 0.6) is 0 Å².